The SMILES string of the molecule is CCOc1ccc(-c2cc(C(=O)N3CCC[C@H](C)C3)c3ccccc3n2)cc1. The van der Waals surface area contributed by atoms with Crippen LogP contribution in [-0.2, 0) is 0 Å². The Hall–Kier alpha value is -2.88. The number of aromatic nitrogens is 1. The van der Waals surface area contributed by atoms with Gasteiger partial charge in [0, 0.05) is 24.0 Å². The Labute approximate surface area is 166 Å². The number of benzene rings is 2. The van der Waals surface area contributed by atoms with E-state index in [0.29, 0.717) is 12.5 Å². The Bertz CT molecular complexity index is 982. The summed E-state index contributed by atoms with van der Waals surface area (Å²) >= 11 is 0. The van der Waals surface area contributed by atoms with E-state index >= 15 is 0 Å². The van der Waals surface area contributed by atoms with Crippen molar-refractivity contribution < 1.29 is 9.53 Å². The van der Waals surface area contributed by atoms with Crippen molar-refractivity contribution in [2.75, 3.05) is 19.7 Å². The molecule has 4 heteroatoms. The van der Waals surface area contributed by atoms with Gasteiger partial charge in [-0.1, -0.05) is 25.1 Å². The quantitative estimate of drug-likeness (QED) is 0.632. The molecule has 1 aliphatic rings. The number of rotatable bonds is 4. The smallest absolute Gasteiger partial charge is 0.254 e. The molecule has 1 atom stereocenters. The molecular formula is C24H26N2O2. The third-order valence-electron chi connectivity index (χ3n) is 5.35. The van der Waals surface area contributed by atoms with Crippen molar-refractivity contribution in [3.8, 4) is 17.0 Å². The summed E-state index contributed by atoms with van der Waals surface area (Å²) in [5.41, 5.74) is 3.39. The van der Waals surface area contributed by atoms with Gasteiger partial charge in [-0.2, -0.15) is 0 Å². The van der Waals surface area contributed by atoms with Gasteiger partial charge in [-0.15, -0.1) is 0 Å². The maximum absolute atomic E-state index is 13.4. The molecule has 28 heavy (non-hydrogen) atoms. The van der Waals surface area contributed by atoms with Crippen molar-refractivity contribution in [1.82, 2.24) is 9.88 Å². The Morgan fingerprint density at radius 2 is 1.96 bits per heavy atom. The van der Waals surface area contributed by atoms with Gasteiger partial charge in [-0.25, -0.2) is 4.98 Å². The summed E-state index contributed by atoms with van der Waals surface area (Å²) in [6.07, 6.45) is 2.26. The Balaban J connectivity index is 1.76. The molecule has 1 saturated heterocycles. The Kier molecular flexibility index (Phi) is 5.29. The second kappa shape index (κ2) is 8.01. The lowest BCUT2D eigenvalue weighted by Gasteiger charge is -2.31. The Morgan fingerprint density at radius 1 is 1.18 bits per heavy atom. The fourth-order valence-corrected chi connectivity index (χ4v) is 3.93. The standard InChI is InChI=1S/C24H26N2O2/c1-3-28-19-12-10-18(11-13-19)23-15-21(20-8-4-5-9-22(20)25-23)24(27)26-14-6-7-17(2)16-26/h4-5,8-13,15,17H,3,6-7,14,16H2,1-2H3/t17-/m0/s1. The van der Waals surface area contributed by atoms with Crippen LogP contribution in [0.25, 0.3) is 22.2 Å². The molecule has 1 amide bonds. The zero-order valence-corrected chi connectivity index (χ0v) is 16.5. The molecule has 0 radical (unpaired) electrons. The predicted molar refractivity (Wildman–Crippen MR) is 113 cm³/mol. The summed E-state index contributed by atoms with van der Waals surface area (Å²) in [6, 6.07) is 17.7. The number of pyridine rings is 1. The van der Waals surface area contributed by atoms with Gasteiger partial charge in [0.05, 0.1) is 23.4 Å². The normalized spacial score (nSPS) is 16.9. The van der Waals surface area contributed by atoms with Crippen LogP contribution in [0.15, 0.2) is 54.6 Å². The van der Waals surface area contributed by atoms with E-state index in [2.05, 4.69) is 6.92 Å². The molecule has 2 heterocycles. The number of nitrogens with zero attached hydrogens (tertiary/aromatic N) is 2. The van der Waals surface area contributed by atoms with Crippen molar-refractivity contribution in [3.05, 3.63) is 60.2 Å². The van der Waals surface area contributed by atoms with Crippen LogP contribution in [-0.4, -0.2) is 35.5 Å². The number of ether oxygens (including phenoxy) is 1. The summed E-state index contributed by atoms with van der Waals surface area (Å²) in [6.45, 7) is 6.49. The van der Waals surface area contributed by atoms with E-state index < -0.39 is 0 Å². The second-order valence-corrected chi connectivity index (χ2v) is 7.53. The summed E-state index contributed by atoms with van der Waals surface area (Å²) in [5, 5.41) is 0.917. The lowest BCUT2D eigenvalue weighted by Crippen LogP contribution is -2.39. The number of hydrogen-bond donors (Lipinski definition) is 0. The van der Waals surface area contributed by atoms with Gasteiger partial charge in [-0.05, 0) is 62.1 Å². The third-order valence-corrected chi connectivity index (χ3v) is 5.35. The highest BCUT2D eigenvalue weighted by atomic mass is 16.5. The summed E-state index contributed by atoms with van der Waals surface area (Å²) < 4.78 is 5.54. The molecule has 3 aromatic rings. The highest BCUT2D eigenvalue weighted by Gasteiger charge is 2.24. The maximum atomic E-state index is 13.4. The Morgan fingerprint density at radius 3 is 2.71 bits per heavy atom. The van der Waals surface area contributed by atoms with E-state index in [4.69, 9.17) is 9.72 Å². The van der Waals surface area contributed by atoms with Gasteiger partial charge >= 0.3 is 0 Å². The fourth-order valence-electron chi connectivity index (χ4n) is 3.93. The summed E-state index contributed by atoms with van der Waals surface area (Å²) in [5.74, 6) is 1.50. The fraction of sp³-hybridized carbons (Fsp3) is 0.333. The van der Waals surface area contributed by atoms with E-state index in [1.54, 1.807) is 0 Å². The lowest BCUT2D eigenvalue weighted by molar-refractivity contribution is 0.0685. The molecule has 0 bridgehead atoms. The van der Waals surface area contributed by atoms with Crippen LogP contribution in [0.3, 0.4) is 0 Å². The number of amides is 1. The van der Waals surface area contributed by atoms with Gasteiger partial charge < -0.3 is 9.64 Å². The first-order chi connectivity index (χ1) is 13.7. The lowest BCUT2D eigenvalue weighted by atomic mass is 9.98. The molecule has 1 fully saturated rings. The van der Waals surface area contributed by atoms with Crippen LogP contribution in [0.1, 0.15) is 37.0 Å². The largest absolute Gasteiger partial charge is 0.494 e. The van der Waals surface area contributed by atoms with Crippen molar-refractivity contribution in [2.45, 2.75) is 26.7 Å². The van der Waals surface area contributed by atoms with E-state index in [9.17, 15) is 4.79 Å². The van der Waals surface area contributed by atoms with Crippen molar-refractivity contribution in [1.29, 1.82) is 0 Å². The van der Waals surface area contributed by atoms with E-state index in [-0.39, 0.29) is 5.91 Å². The van der Waals surface area contributed by atoms with Crippen molar-refractivity contribution in [2.24, 2.45) is 5.92 Å². The monoisotopic (exact) mass is 374 g/mol. The zero-order valence-electron chi connectivity index (χ0n) is 16.5. The minimum absolute atomic E-state index is 0.109. The average molecular weight is 374 g/mol. The van der Waals surface area contributed by atoms with Gasteiger partial charge in [0.2, 0.25) is 0 Å². The van der Waals surface area contributed by atoms with Crippen LogP contribution in [0.2, 0.25) is 0 Å². The van der Waals surface area contributed by atoms with Gasteiger partial charge in [0.15, 0.2) is 0 Å². The molecule has 0 saturated carbocycles. The van der Waals surface area contributed by atoms with Crippen LogP contribution >= 0.6 is 0 Å². The topological polar surface area (TPSA) is 42.4 Å². The molecular weight excluding hydrogens is 348 g/mol. The van der Waals surface area contributed by atoms with Crippen LogP contribution in [0.4, 0.5) is 0 Å². The molecule has 2 aromatic carbocycles. The number of para-hydroxylation sites is 1. The average Bonchev–Trinajstić information content (AvgIpc) is 2.73. The van der Waals surface area contributed by atoms with Crippen molar-refractivity contribution in [3.63, 3.8) is 0 Å². The molecule has 0 aliphatic carbocycles. The van der Waals surface area contributed by atoms with Gasteiger partial charge in [0.25, 0.3) is 5.91 Å². The molecule has 1 aromatic heterocycles. The molecule has 0 N–H and O–H groups in total. The first kappa shape index (κ1) is 18.5. The summed E-state index contributed by atoms with van der Waals surface area (Å²) in [7, 11) is 0. The highest BCUT2D eigenvalue weighted by Crippen LogP contribution is 2.28. The molecule has 0 spiro atoms. The molecule has 1 aliphatic heterocycles. The number of likely N-dealkylation sites (tertiary alicyclic amines) is 1. The first-order valence-electron chi connectivity index (χ1n) is 10.1. The highest BCUT2D eigenvalue weighted by molar-refractivity contribution is 6.07. The van der Waals surface area contributed by atoms with E-state index in [0.717, 1.165) is 53.0 Å². The van der Waals surface area contributed by atoms with Gasteiger partial charge in [0.1, 0.15) is 5.75 Å². The number of fused-ring (bicyclic) bond motifs is 1. The second-order valence-electron chi connectivity index (χ2n) is 7.53. The van der Waals surface area contributed by atoms with Crippen LogP contribution in [0.5, 0.6) is 5.75 Å². The maximum Gasteiger partial charge on any atom is 0.254 e. The van der Waals surface area contributed by atoms with Crippen molar-refractivity contribution >= 4 is 16.8 Å². The van der Waals surface area contributed by atoms with Crippen LogP contribution in [0, 0.1) is 5.92 Å². The van der Waals surface area contributed by atoms with Gasteiger partial charge in [-0.3, -0.25) is 4.79 Å². The van der Waals surface area contributed by atoms with Crippen LogP contribution < -0.4 is 4.74 Å². The number of hydrogen-bond acceptors (Lipinski definition) is 3. The number of carbonyl (C=O) groups is 1. The zero-order chi connectivity index (χ0) is 19.5. The molecule has 0 unspecified atom stereocenters. The minimum atomic E-state index is 0.109. The summed E-state index contributed by atoms with van der Waals surface area (Å²) in [4.78, 5) is 20.2. The number of carbonyl (C=O) groups excluding carboxylic acids is 1. The first-order valence-corrected chi connectivity index (χ1v) is 10.1. The molecule has 144 valence electrons. The van der Waals surface area contributed by atoms with E-state index in [1.165, 1.54) is 6.42 Å². The minimum Gasteiger partial charge on any atom is -0.494 e. The number of piperidine rings is 1. The molecule has 4 rings (SSSR count). The predicted octanol–water partition coefficient (Wildman–Crippen LogP) is 5.17. The molecule has 4 nitrogen and oxygen atoms in total. The third kappa shape index (κ3) is 3.72. The van der Waals surface area contributed by atoms with E-state index in [1.807, 2.05) is 66.4 Å².